The second-order valence-electron chi connectivity index (χ2n) is 9.61. The molecule has 0 radical (unpaired) electrons. The number of thiophene rings is 1. The smallest absolute Gasteiger partial charge is 0.332 e. The number of amides is 1. The number of para-hydroxylation sites is 1. The molecular formula is C25H27N5O5S. The van der Waals surface area contributed by atoms with E-state index in [9.17, 15) is 19.5 Å². The highest BCUT2D eigenvalue weighted by Gasteiger charge is 2.38. The maximum Gasteiger partial charge on any atom is 0.332 e. The Morgan fingerprint density at radius 3 is 2.61 bits per heavy atom. The van der Waals surface area contributed by atoms with Crippen LogP contribution in [0.15, 0.2) is 52.3 Å². The Hall–Kier alpha value is -3.54. The maximum atomic E-state index is 13.7. The summed E-state index contributed by atoms with van der Waals surface area (Å²) >= 11 is 1.25. The molecule has 10 nitrogen and oxygen atoms in total. The van der Waals surface area contributed by atoms with Crippen LogP contribution in [0.3, 0.4) is 0 Å². The number of carbonyl (C=O) groups excluding carboxylic acids is 1. The normalized spacial score (nSPS) is 18.0. The summed E-state index contributed by atoms with van der Waals surface area (Å²) in [5.74, 6) is -0.518. The lowest BCUT2D eigenvalue weighted by Gasteiger charge is -2.17. The topological polar surface area (TPSA) is 112 Å². The minimum atomic E-state index is -1.19. The molecule has 1 saturated heterocycles. The van der Waals surface area contributed by atoms with Crippen LogP contribution in [0.25, 0.3) is 15.9 Å². The molecule has 1 amide bonds. The van der Waals surface area contributed by atoms with Crippen LogP contribution in [0.1, 0.15) is 47.6 Å². The number of hydrogen-bond acceptors (Lipinski definition) is 7. The highest BCUT2D eigenvalue weighted by atomic mass is 32.1. The predicted octanol–water partition coefficient (Wildman–Crippen LogP) is 2.26. The van der Waals surface area contributed by atoms with E-state index in [2.05, 4.69) is 5.10 Å². The summed E-state index contributed by atoms with van der Waals surface area (Å²) < 4.78 is 4.31. The molecule has 4 heterocycles. The van der Waals surface area contributed by atoms with E-state index >= 15 is 0 Å². The van der Waals surface area contributed by atoms with Crippen molar-refractivity contribution in [3.8, 4) is 5.69 Å². The fraction of sp³-hybridized carbons (Fsp3) is 0.360. The molecule has 5 rings (SSSR count). The molecule has 188 valence electrons. The summed E-state index contributed by atoms with van der Waals surface area (Å²) in [6.45, 7) is 5.24. The van der Waals surface area contributed by atoms with E-state index in [1.54, 1.807) is 17.8 Å². The number of hydrogen-bond donors (Lipinski definition) is 1. The van der Waals surface area contributed by atoms with Gasteiger partial charge in [0.1, 0.15) is 17.0 Å². The second-order valence-corrected chi connectivity index (χ2v) is 10.7. The number of β-amino-alcohol motifs (C(OH)–C–C–N with tert-alkyl or cyclic N) is 1. The molecule has 11 heteroatoms. The van der Waals surface area contributed by atoms with Gasteiger partial charge in [0.05, 0.1) is 29.4 Å². The van der Waals surface area contributed by atoms with Crippen LogP contribution in [0.5, 0.6) is 0 Å². The van der Waals surface area contributed by atoms with Crippen LogP contribution in [0.4, 0.5) is 0 Å². The van der Waals surface area contributed by atoms with Crippen molar-refractivity contribution in [2.45, 2.75) is 38.8 Å². The van der Waals surface area contributed by atoms with Crippen molar-refractivity contribution in [3.05, 3.63) is 79.6 Å². The van der Waals surface area contributed by atoms with Gasteiger partial charge in [-0.3, -0.25) is 23.6 Å². The van der Waals surface area contributed by atoms with Crippen LogP contribution in [0.2, 0.25) is 0 Å². The molecule has 4 aromatic rings. The Morgan fingerprint density at radius 1 is 1.25 bits per heavy atom. The zero-order valence-corrected chi connectivity index (χ0v) is 21.3. The minimum absolute atomic E-state index is 0.0291. The Bertz CT molecular complexity index is 1580. The molecule has 1 N–H and O–H groups in total. The second kappa shape index (κ2) is 8.84. The first-order valence-corrected chi connectivity index (χ1v) is 12.4. The van der Waals surface area contributed by atoms with Gasteiger partial charge in [-0.1, -0.05) is 18.2 Å². The van der Waals surface area contributed by atoms with Gasteiger partial charge in [-0.05, 0) is 38.5 Å². The van der Waals surface area contributed by atoms with Gasteiger partial charge in [0, 0.05) is 30.6 Å². The number of aromatic nitrogens is 4. The van der Waals surface area contributed by atoms with Crippen molar-refractivity contribution in [3.63, 3.8) is 0 Å². The van der Waals surface area contributed by atoms with Gasteiger partial charge in [0.2, 0.25) is 0 Å². The van der Waals surface area contributed by atoms with Crippen LogP contribution in [-0.2, 0) is 18.3 Å². The molecule has 1 aliphatic rings. The Kier molecular flexibility index (Phi) is 5.93. The van der Waals surface area contributed by atoms with Crippen molar-refractivity contribution >= 4 is 27.5 Å². The average molecular weight is 510 g/mol. The molecule has 1 aromatic carbocycles. The zero-order chi connectivity index (χ0) is 25.8. The number of benzene rings is 1. The Balaban J connectivity index is 1.68. The fourth-order valence-electron chi connectivity index (χ4n) is 4.37. The van der Waals surface area contributed by atoms with Gasteiger partial charge in [0.25, 0.3) is 11.5 Å². The van der Waals surface area contributed by atoms with Gasteiger partial charge in [-0.15, -0.1) is 11.3 Å². The van der Waals surface area contributed by atoms with Crippen molar-refractivity contribution in [1.29, 1.82) is 0 Å². The van der Waals surface area contributed by atoms with E-state index in [0.717, 1.165) is 20.9 Å². The van der Waals surface area contributed by atoms with Gasteiger partial charge in [0.15, 0.2) is 0 Å². The lowest BCUT2D eigenvalue weighted by Crippen LogP contribution is -2.39. The summed E-state index contributed by atoms with van der Waals surface area (Å²) in [4.78, 5) is 46.6. The van der Waals surface area contributed by atoms with Crippen LogP contribution < -0.4 is 11.2 Å². The summed E-state index contributed by atoms with van der Waals surface area (Å²) in [6, 6.07) is 9.41. The number of hydroxylamine groups is 2. The number of nitrogens with zero attached hydrogens (tertiary/aromatic N) is 5. The standard InChI is InChI=1S/C25H27N5O5S/c1-15(2)30-23-20(21(31)27(4)24(30)33)19(22(32)29-13-25(3,34)14-35-29)18(36-23)10-16-11-26-28(12-16)17-8-6-5-7-9-17/h5-9,11-12,15,34H,10,13-14H2,1-4H3/t25-/m0/s1. The zero-order valence-electron chi connectivity index (χ0n) is 20.5. The summed E-state index contributed by atoms with van der Waals surface area (Å²) in [5.41, 5.74) is -0.246. The number of rotatable bonds is 5. The highest BCUT2D eigenvalue weighted by molar-refractivity contribution is 7.19. The molecule has 1 fully saturated rings. The maximum absolute atomic E-state index is 13.7. The van der Waals surface area contributed by atoms with Crippen molar-refractivity contribution in [1.82, 2.24) is 24.0 Å². The first-order valence-electron chi connectivity index (χ1n) is 11.6. The Morgan fingerprint density at radius 2 is 1.97 bits per heavy atom. The molecule has 0 saturated carbocycles. The molecule has 0 aliphatic carbocycles. The molecular weight excluding hydrogens is 482 g/mol. The molecule has 0 spiro atoms. The third-order valence-electron chi connectivity index (χ3n) is 6.19. The first kappa shape index (κ1) is 24.2. The summed E-state index contributed by atoms with van der Waals surface area (Å²) in [7, 11) is 1.41. The summed E-state index contributed by atoms with van der Waals surface area (Å²) in [5, 5.41) is 16.1. The van der Waals surface area contributed by atoms with E-state index in [1.165, 1.54) is 23.0 Å². The van der Waals surface area contributed by atoms with Crippen molar-refractivity contribution < 1.29 is 14.7 Å². The Labute approximate surface area is 210 Å². The lowest BCUT2D eigenvalue weighted by atomic mass is 10.1. The van der Waals surface area contributed by atoms with Crippen molar-refractivity contribution in [2.75, 3.05) is 13.2 Å². The molecule has 0 unspecified atom stereocenters. The van der Waals surface area contributed by atoms with Gasteiger partial charge < -0.3 is 5.11 Å². The van der Waals surface area contributed by atoms with Crippen LogP contribution in [-0.4, -0.2) is 53.7 Å². The third-order valence-corrected chi connectivity index (χ3v) is 7.38. The predicted molar refractivity (Wildman–Crippen MR) is 136 cm³/mol. The van der Waals surface area contributed by atoms with E-state index in [0.29, 0.717) is 16.1 Å². The summed E-state index contributed by atoms with van der Waals surface area (Å²) in [6.07, 6.45) is 3.92. The van der Waals surface area contributed by atoms with Gasteiger partial charge in [-0.2, -0.15) is 5.10 Å². The van der Waals surface area contributed by atoms with Crippen LogP contribution >= 0.6 is 11.3 Å². The monoisotopic (exact) mass is 509 g/mol. The minimum Gasteiger partial charge on any atom is -0.386 e. The van der Waals surface area contributed by atoms with E-state index in [1.807, 2.05) is 50.4 Å². The molecule has 1 aliphatic heterocycles. The van der Waals surface area contributed by atoms with Gasteiger partial charge >= 0.3 is 5.69 Å². The lowest BCUT2D eigenvalue weighted by molar-refractivity contribution is -0.0796. The fourth-order valence-corrected chi connectivity index (χ4v) is 5.82. The third kappa shape index (κ3) is 4.08. The van der Waals surface area contributed by atoms with Crippen molar-refractivity contribution in [2.24, 2.45) is 7.05 Å². The first-order chi connectivity index (χ1) is 17.1. The SMILES string of the molecule is CC(C)n1c(=O)n(C)c(=O)c2c(C(=O)N3C[C@](C)(O)CO3)c(Cc3cnn(-c4ccccc4)c3)sc21. The average Bonchev–Trinajstić information content (AvgIpc) is 3.55. The van der Waals surface area contributed by atoms with Crippen LogP contribution in [0, 0.1) is 0 Å². The molecule has 1 atom stereocenters. The van der Waals surface area contributed by atoms with Gasteiger partial charge in [-0.25, -0.2) is 14.5 Å². The molecule has 3 aromatic heterocycles. The number of carbonyl (C=O) groups is 1. The molecule has 36 heavy (non-hydrogen) atoms. The van der Waals surface area contributed by atoms with E-state index in [-0.39, 0.29) is 30.1 Å². The largest absolute Gasteiger partial charge is 0.386 e. The highest BCUT2D eigenvalue weighted by Crippen LogP contribution is 2.34. The van der Waals surface area contributed by atoms with E-state index in [4.69, 9.17) is 4.84 Å². The van der Waals surface area contributed by atoms with E-state index < -0.39 is 22.8 Å². The number of aliphatic hydroxyl groups is 1. The molecule has 0 bridgehead atoms. The number of fused-ring (bicyclic) bond motifs is 1. The quantitative estimate of drug-likeness (QED) is 0.442.